The fourth-order valence-corrected chi connectivity index (χ4v) is 4.39. The van der Waals surface area contributed by atoms with Crippen molar-refractivity contribution in [2.75, 3.05) is 32.5 Å². The van der Waals surface area contributed by atoms with Gasteiger partial charge in [-0.3, -0.25) is 9.59 Å². The quantitative estimate of drug-likeness (QED) is 0.449. The minimum absolute atomic E-state index is 0.0780. The smallest absolute Gasteiger partial charge is 0.290 e. The van der Waals surface area contributed by atoms with E-state index in [4.69, 9.17) is 22.1 Å². The molecule has 1 aliphatic heterocycles. The molecule has 0 spiro atoms. The molecule has 0 bridgehead atoms. The molecule has 34 heavy (non-hydrogen) atoms. The van der Waals surface area contributed by atoms with Crippen molar-refractivity contribution >= 4 is 51.2 Å². The van der Waals surface area contributed by atoms with Gasteiger partial charge in [0.05, 0.1) is 23.2 Å². The van der Waals surface area contributed by atoms with Crippen molar-refractivity contribution in [1.29, 1.82) is 0 Å². The fourth-order valence-electron chi connectivity index (χ4n) is 4.22. The first-order valence-corrected chi connectivity index (χ1v) is 11.1. The number of hydrogen-bond donors (Lipinski definition) is 2. The molecule has 1 saturated heterocycles. The first-order valence-electron chi connectivity index (χ1n) is 10.7. The number of hydrogen-bond acceptors (Lipinski definition) is 7. The largest absolute Gasteiger partial charge is 0.383 e. The summed E-state index contributed by atoms with van der Waals surface area (Å²) in [6, 6.07) is 10.0. The highest BCUT2D eigenvalue weighted by atomic mass is 35.5. The van der Waals surface area contributed by atoms with E-state index >= 15 is 0 Å². The molecular formula is C23H22ClN7O3. The number of benzene rings is 2. The Morgan fingerprint density at radius 3 is 2.88 bits per heavy atom. The standard InChI is InChI=1S/C23H22ClN7O3/c1-34-11-19-22(32)30(10-13-2-4-15-17(8-13)26-12-27-20(15)25)6-7-31(19)23(33)21-28-16-5-3-14(24)9-18(16)29-21/h2-5,8-9,12,19H,6-7,10-11H2,1H3,(H,28,29)(H2,25,26,27)/t19-/m0/s1. The molecule has 1 aliphatic rings. The number of H-pyrrole nitrogens is 1. The molecule has 0 unspecified atom stereocenters. The topological polar surface area (TPSA) is 130 Å². The summed E-state index contributed by atoms with van der Waals surface area (Å²) in [6.07, 6.45) is 1.41. The number of halogens is 1. The molecule has 1 atom stereocenters. The summed E-state index contributed by atoms with van der Waals surface area (Å²) in [5, 5.41) is 1.30. The van der Waals surface area contributed by atoms with E-state index in [1.165, 1.54) is 18.3 Å². The summed E-state index contributed by atoms with van der Waals surface area (Å²) >= 11 is 6.04. The van der Waals surface area contributed by atoms with Gasteiger partial charge in [-0.25, -0.2) is 15.0 Å². The normalized spacial score (nSPS) is 16.5. The molecule has 5 rings (SSSR count). The first kappa shape index (κ1) is 22.1. The van der Waals surface area contributed by atoms with Crippen LogP contribution in [-0.2, 0) is 16.1 Å². The lowest BCUT2D eigenvalue weighted by atomic mass is 10.1. The van der Waals surface area contributed by atoms with E-state index in [0.717, 1.165) is 10.9 Å². The van der Waals surface area contributed by atoms with Gasteiger partial charge in [0.25, 0.3) is 5.91 Å². The Labute approximate surface area is 199 Å². The number of methoxy groups -OCH3 is 1. The third-order valence-corrected chi connectivity index (χ3v) is 6.16. The maximum atomic E-state index is 13.4. The second-order valence-corrected chi connectivity index (χ2v) is 8.52. The number of nitrogens with two attached hydrogens (primary N) is 1. The Bertz CT molecular complexity index is 1410. The Morgan fingerprint density at radius 2 is 2.06 bits per heavy atom. The van der Waals surface area contributed by atoms with Gasteiger partial charge in [0.2, 0.25) is 5.91 Å². The summed E-state index contributed by atoms with van der Waals surface area (Å²) in [5.74, 6) is 0.0161. The van der Waals surface area contributed by atoms with Gasteiger partial charge in [-0.15, -0.1) is 0 Å². The first-order chi connectivity index (χ1) is 16.4. The van der Waals surface area contributed by atoms with E-state index in [-0.39, 0.29) is 24.2 Å². The highest BCUT2D eigenvalue weighted by Crippen LogP contribution is 2.23. The van der Waals surface area contributed by atoms with Gasteiger partial charge in [-0.2, -0.15) is 0 Å². The summed E-state index contributed by atoms with van der Waals surface area (Å²) < 4.78 is 5.29. The maximum Gasteiger partial charge on any atom is 0.290 e. The van der Waals surface area contributed by atoms with Crippen LogP contribution in [0.15, 0.2) is 42.7 Å². The molecular weight excluding hydrogens is 458 g/mol. The van der Waals surface area contributed by atoms with Gasteiger partial charge in [0.1, 0.15) is 18.2 Å². The molecule has 1 fully saturated rings. The molecule has 2 amide bonds. The number of anilines is 1. The highest BCUT2D eigenvalue weighted by molar-refractivity contribution is 6.31. The van der Waals surface area contributed by atoms with Crippen molar-refractivity contribution in [2.24, 2.45) is 0 Å². The zero-order chi connectivity index (χ0) is 23.8. The molecule has 0 saturated carbocycles. The van der Waals surface area contributed by atoms with Crippen molar-refractivity contribution < 1.29 is 14.3 Å². The minimum atomic E-state index is -0.763. The molecule has 2 aromatic heterocycles. The number of rotatable bonds is 5. The number of piperazine rings is 1. The lowest BCUT2D eigenvalue weighted by Gasteiger charge is -2.40. The lowest BCUT2D eigenvalue weighted by Crippen LogP contribution is -2.60. The Kier molecular flexibility index (Phi) is 5.76. The monoisotopic (exact) mass is 479 g/mol. The SMILES string of the molecule is COC[C@H]1C(=O)N(Cc2ccc3c(N)ncnc3c2)CCN1C(=O)c1nc2ccc(Cl)cc2[nH]1. The van der Waals surface area contributed by atoms with E-state index in [1.54, 1.807) is 23.1 Å². The van der Waals surface area contributed by atoms with Crippen LogP contribution in [0.4, 0.5) is 5.82 Å². The van der Waals surface area contributed by atoms with E-state index < -0.39 is 6.04 Å². The van der Waals surface area contributed by atoms with Crippen molar-refractivity contribution in [1.82, 2.24) is 29.7 Å². The molecule has 0 aliphatic carbocycles. The van der Waals surface area contributed by atoms with Gasteiger partial charge in [-0.05, 0) is 35.9 Å². The average molecular weight is 480 g/mol. The average Bonchev–Trinajstić information content (AvgIpc) is 3.25. The molecule has 11 heteroatoms. The summed E-state index contributed by atoms with van der Waals surface area (Å²) in [4.78, 5) is 45.5. The van der Waals surface area contributed by atoms with Crippen LogP contribution < -0.4 is 5.73 Å². The molecule has 2 aromatic carbocycles. The van der Waals surface area contributed by atoms with Crippen LogP contribution in [0.25, 0.3) is 21.9 Å². The molecule has 10 nitrogen and oxygen atoms in total. The van der Waals surface area contributed by atoms with E-state index in [0.29, 0.717) is 47.0 Å². The van der Waals surface area contributed by atoms with Crippen LogP contribution >= 0.6 is 11.6 Å². The Morgan fingerprint density at radius 1 is 1.21 bits per heavy atom. The highest BCUT2D eigenvalue weighted by Gasteiger charge is 2.38. The number of nitrogen functional groups attached to an aromatic ring is 1. The number of carbonyl (C=O) groups excluding carboxylic acids is 2. The number of ether oxygens (including phenoxy) is 1. The summed E-state index contributed by atoms with van der Waals surface area (Å²) in [5.41, 5.74) is 8.81. The van der Waals surface area contributed by atoms with Gasteiger partial charge >= 0.3 is 0 Å². The molecule has 174 valence electrons. The van der Waals surface area contributed by atoms with Gasteiger partial charge < -0.3 is 25.3 Å². The summed E-state index contributed by atoms with van der Waals surface area (Å²) in [6.45, 7) is 1.18. The van der Waals surface area contributed by atoms with Crippen LogP contribution in [-0.4, -0.2) is 74.4 Å². The zero-order valence-corrected chi connectivity index (χ0v) is 19.1. The van der Waals surface area contributed by atoms with E-state index in [2.05, 4.69) is 19.9 Å². The van der Waals surface area contributed by atoms with E-state index in [9.17, 15) is 9.59 Å². The van der Waals surface area contributed by atoms with Crippen molar-refractivity contribution in [3.63, 3.8) is 0 Å². The van der Waals surface area contributed by atoms with Gasteiger partial charge in [0.15, 0.2) is 5.82 Å². The van der Waals surface area contributed by atoms with Gasteiger partial charge in [0, 0.05) is 37.2 Å². The van der Waals surface area contributed by atoms with Crippen LogP contribution in [0.5, 0.6) is 0 Å². The number of nitrogens with one attached hydrogen (secondary N) is 1. The lowest BCUT2D eigenvalue weighted by molar-refractivity contribution is -0.143. The number of amides is 2. The van der Waals surface area contributed by atoms with Crippen LogP contribution in [0, 0.1) is 0 Å². The third-order valence-electron chi connectivity index (χ3n) is 5.92. The predicted molar refractivity (Wildman–Crippen MR) is 127 cm³/mol. The predicted octanol–water partition coefficient (Wildman–Crippen LogP) is 2.24. The van der Waals surface area contributed by atoms with Crippen LogP contribution in [0.2, 0.25) is 5.02 Å². The zero-order valence-electron chi connectivity index (χ0n) is 18.4. The molecule has 4 aromatic rings. The van der Waals surface area contributed by atoms with Crippen LogP contribution in [0.3, 0.4) is 0 Å². The number of aromatic amines is 1. The third kappa shape index (κ3) is 4.02. The maximum absolute atomic E-state index is 13.4. The van der Waals surface area contributed by atoms with Crippen molar-refractivity contribution in [3.05, 3.63) is 59.1 Å². The molecule has 0 radical (unpaired) electrons. The number of fused-ring (bicyclic) bond motifs is 2. The van der Waals surface area contributed by atoms with Crippen molar-refractivity contribution in [3.8, 4) is 0 Å². The van der Waals surface area contributed by atoms with Gasteiger partial charge in [-0.1, -0.05) is 17.7 Å². The number of imidazole rings is 1. The summed E-state index contributed by atoms with van der Waals surface area (Å²) in [7, 11) is 1.51. The Hall–Kier alpha value is -3.76. The van der Waals surface area contributed by atoms with E-state index in [1.807, 2.05) is 18.2 Å². The number of aromatic nitrogens is 4. The Balaban J connectivity index is 1.37. The van der Waals surface area contributed by atoms with Crippen LogP contribution in [0.1, 0.15) is 16.2 Å². The molecule has 3 heterocycles. The molecule has 3 N–H and O–H groups in total. The second-order valence-electron chi connectivity index (χ2n) is 8.09. The number of carbonyl (C=O) groups is 2. The minimum Gasteiger partial charge on any atom is -0.383 e. The second kappa shape index (κ2) is 8.88. The number of nitrogens with zero attached hydrogens (tertiary/aromatic N) is 5. The van der Waals surface area contributed by atoms with Crippen molar-refractivity contribution in [2.45, 2.75) is 12.6 Å². The fraction of sp³-hybridized carbons (Fsp3) is 0.261.